The van der Waals surface area contributed by atoms with Gasteiger partial charge in [0.15, 0.2) is 5.17 Å². The normalized spacial score (nSPS) is 17.4. The molecule has 2 heterocycles. The molecular formula is C29H26N6O2S2. The van der Waals surface area contributed by atoms with Gasteiger partial charge in [-0.2, -0.15) is 5.26 Å². The van der Waals surface area contributed by atoms with Gasteiger partial charge in [-0.25, -0.2) is 4.99 Å². The van der Waals surface area contributed by atoms with Gasteiger partial charge in [-0.15, -0.1) is 0 Å². The number of nitrogens with zero attached hydrogens (tertiary/aromatic N) is 4. The summed E-state index contributed by atoms with van der Waals surface area (Å²) in [6.45, 7) is 4.53. The molecule has 0 radical (unpaired) electrons. The largest absolute Gasteiger partial charge is 0.384 e. The van der Waals surface area contributed by atoms with Crippen LogP contribution in [0.3, 0.4) is 0 Å². The molecular weight excluding hydrogens is 528 g/mol. The summed E-state index contributed by atoms with van der Waals surface area (Å²) < 4.78 is 0. The van der Waals surface area contributed by atoms with Gasteiger partial charge in [0.05, 0.1) is 40.3 Å². The first-order valence-electron chi connectivity index (χ1n) is 12.4. The Bertz CT molecular complexity index is 1560. The van der Waals surface area contributed by atoms with Crippen molar-refractivity contribution in [2.75, 3.05) is 29.1 Å². The first-order chi connectivity index (χ1) is 18.9. The maximum absolute atomic E-state index is 13.9. The van der Waals surface area contributed by atoms with E-state index in [4.69, 9.17) is 4.99 Å². The summed E-state index contributed by atoms with van der Waals surface area (Å²) in [5, 5.41) is 16.9. The number of rotatable bonds is 6. The van der Waals surface area contributed by atoms with Gasteiger partial charge in [-0.1, -0.05) is 42.1 Å². The number of nitrogens with one attached hydrogen (secondary N) is 2. The number of hydrogen-bond donors (Lipinski definition) is 2. The van der Waals surface area contributed by atoms with Crippen LogP contribution in [-0.2, 0) is 16.1 Å². The Morgan fingerprint density at radius 3 is 2.59 bits per heavy atom. The second-order valence-corrected chi connectivity index (χ2v) is 10.9. The molecule has 0 atom stereocenters. The van der Waals surface area contributed by atoms with Gasteiger partial charge in [0.1, 0.15) is 4.91 Å². The summed E-state index contributed by atoms with van der Waals surface area (Å²) >= 11 is 2.83. The predicted octanol–water partition coefficient (Wildman–Crippen LogP) is 6.12. The number of amidine groups is 1. The fourth-order valence-electron chi connectivity index (χ4n) is 4.29. The molecule has 1 fully saturated rings. The molecule has 196 valence electrons. The third kappa shape index (κ3) is 5.50. The molecule has 0 bridgehead atoms. The highest BCUT2D eigenvalue weighted by molar-refractivity contribution is 8.19. The molecule has 2 aliphatic rings. The second kappa shape index (κ2) is 11.3. The number of carbonyl (C=O) groups excluding carboxylic acids is 2. The van der Waals surface area contributed by atoms with E-state index >= 15 is 0 Å². The molecule has 2 amide bonds. The molecule has 1 saturated heterocycles. The Morgan fingerprint density at radius 1 is 1.08 bits per heavy atom. The smallest absolute Gasteiger partial charge is 0.269 e. The number of anilines is 3. The molecule has 0 spiro atoms. The zero-order valence-electron chi connectivity index (χ0n) is 21.7. The van der Waals surface area contributed by atoms with Crippen molar-refractivity contribution in [3.05, 3.63) is 87.8 Å². The number of aliphatic imine (C=N–C) groups is 1. The van der Waals surface area contributed by atoms with E-state index in [1.807, 2.05) is 73.5 Å². The van der Waals surface area contributed by atoms with E-state index in [9.17, 15) is 14.9 Å². The highest BCUT2D eigenvalue weighted by Crippen LogP contribution is 2.51. The minimum Gasteiger partial charge on any atom is -0.384 e. The van der Waals surface area contributed by atoms with Crippen molar-refractivity contribution in [1.29, 1.82) is 5.26 Å². The van der Waals surface area contributed by atoms with Crippen LogP contribution in [0.25, 0.3) is 0 Å². The van der Waals surface area contributed by atoms with Gasteiger partial charge >= 0.3 is 0 Å². The summed E-state index contributed by atoms with van der Waals surface area (Å²) in [5.74, 6) is -0.269. The molecule has 8 nitrogen and oxygen atoms in total. The number of benzene rings is 3. The van der Waals surface area contributed by atoms with Crippen molar-refractivity contribution in [3.63, 3.8) is 0 Å². The van der Waals surface area contributed by atoms with Crippen LogP contribution in [0.15, 0.2) is 86.6 Å². The lowest BCUT2D eigenvalue weighted by atomic mass is 10.2. The molecule has 39 heavy (non-hydrogen) atoms. The van der Waals surface area contributed by atoms with E-state index in [-0.39, 0.29) is 11.8 Å². The second-order valence-electron chi connectivity index (χ2n) is 8.91. The van der Waals surface area contributed by atoms with E-state index in [1.54, 1.807) is 17.0 Å². The van der Waals surface area contributed by atoms with Crippen LogP contribution in [0.5, 0.6) is 0 Å². The molecule has 3 aromatic rings. The van der Waals surface area contributed by atoms with Gasteiger partial charge in [-0.05, 0) is 60.6 Å². The van der Waals surface area contributed by atoms with Crippen LogP contribution < -0.4 is 15.5 Å². The van der Waals surface area contributed by atoms with Gasteiger partial charge in [-0.3, -0.25) is 14.5 Å². The van der Waals surface area contributed by atoms with Crippen LogP contribution in [0, 0.1) is 11.3 Å². The van der Waals surface area contributed by atoms with Crippen molar-refractivity contribution in [1.82, 2.24) is 4.90 Å². The van der Waals surface area contributed by atoms with Crippen molar-refractivity contribution in [2.45, 2.75) is 25.3 Å². The third-order valence-corrected chi connectivity index (χ3v) is 8.52. The zero-order valence-corrected chi connectivity index (χ0v) is 23.3. The maximum Gasteiger partial charge on any atom is 0.269 e. The predicted molar refractivity (Wildman–Crippen MR) is 159 cm³/mol. The van der Waals surface area contributed by atoms with E-state index in [0.29, 0.717) is 40.1 Å². The third-order valence-electron chi connectivity index (χ3n) is 6.10. The summed E-state index contributed by atoms with van der Waals surface area (Å²) in [4.78, 5) is 35.6. The fourth-order valence-corrected chi connectivity index (χ4v) is 6.67. The number of nitriles is 1. The molecule has 2 aliphatic heterocycles. The van der Waals surface area contributed by atoms with Crippen LogP contribution in [-0.4, -0.2) is 35.5 Å². The Hall–Kier alpha value is -4.20. The number of carbonyl (C=O) groups is 2. The minimum atomic E-state index is -0.138. The summed E-state index contributed by atoms with van der Waals surface area (Å²) in [7, 11) is 1.93. The number of fused-ring (bicyclic) bond motifs is 1. The Morgan fingerprint density at radius 2 is 1.87 bits per heavy atom. The molecule has 0 unspecified atom stereocenters. The lowest BCUT2D eigenvalue weighted by Gasteiger charge is -2.17. The van der Waals surface area contributed by atoms with Gasteiger partial charge in [0.2, 0.25) is 5.91 Å². The molecule has 0 aromatic heterocycles. The van der Waals surface area contributed by atoms with E-state index in [2.05, 4.69) is 16.7 Å². The van der Waals surface area contributed by atoms with Crippen molar-refractivity contribution >= 4 is 63.3 Å². The molecule has 3 aromatic carbocycles. The van der Waals surface area contributed by atoms with E-state index < -0.39 is 0 Å². The Labute approximate surface area is 235 Å². The standard InChI is InChI=1S/C29H26N6O2S2/c1-4-31-22-12-10-20(16-30)14-23(22)33-29-35(17-19-8-6-5-7-9-19)27(37)26(39-29)28-34(3)24-13-11-21(32-18(2)36)15-25(24)38-28/h5-15,31H,4,17H2,1-3H3,(H,32,36). The maximum atomic E-state index is 13.9. The lowest BCUT2D eigenvalue weighted by Crippen LogP contribution is -2.29. The van der Waals surface area contributed by atoms with Gasteiger partial charge in [0.25, 0.3) is 5.91 Å². The zero-order chi connectivity index (χ0) is 27.5. The van der Waals surface area contributed by atoms with Crippen LogP contribution >= 0.6 is 23.5 Å². The van der Waals surface area contributed by atoms with Crippen molar-refractivity contribution in [3.8, 4) is 6.07 Å². The molecule has 5 rings (SSSR count). The van der Waals surface area contributed by atoms with E-state index in [1.165, 1.54) is 30.4 Å². The van der Waals surface area contributed by atoms with Crippen LogP contribution in [0.2, 0.25) is 0 Å². The minimum absolute atomic E-state index is 0.131. The Balaban J connectivity index is 1.57. The number of thioether (sulfide) groups is 2. The number of amides is 2. The monoisotopic (exact) mass is 554 g/mol. The lowest BCUT2D eigenvalue weighted by molar-refractivity contribution is -0.122. The van der Waals surface area contributed by atoms with Gasteiger partial charge < -0.3 is 15.5 Å². The average molecular weight is 555 g/mol. The summed E-state index contributed by atoms with van der Waals surface area (Å²) in [6.07, 6.45) is 0. The molecule has 0 saturated carbocycles. The average Bonchev–Trinajstić information content (AvgIpc) is 3.41. The molecule has 0 aliphatic carbocycles. The quantitative estimate of drug-likeness (QED) is 0.354. The van der Waals surface area contributed by atoms with E-state index in [0.717, 1.165) is 26.9 Å². The highest BCUT2D eigenvalue weighted by Gasteiger charge is 2.39. The summed E-state index contributed by atoms with van der Waals surface area (Å²) in [6, 6.07) is 23.0. The number of hydrogen-bond acceptors (Lipinski definition) is 8. The topological polar surface area (TPSA) is 101 Å². The van der Waals surface area contributed by atoms with Crippen LogP contribution in [0.4, 0.5) is 22.7 Å². The van der Waals surface area contributed by atoms with Gasteiger partial charge in [0, 0.05) is 31.1 Å². The SMILES string of the molecule is CCNc1ccc(C#N)cc1N=C1SC(=C2Sc3cc(NC(C)=O)ccc3N2C)C(=O)N1Cc1ccccc1. The fraction of sp³-hybridized carbons (Fsp3) is 0.172. The molecule has 2 N–H and O–H groups in total. The first-order valence-corrected chi connectivity index (χ1v) is 14.0. The van der Waals surface area contributed by atoms with Crippen LogP contribution in [0.1, 0.15) is 25.0 Å². The Kier molecular flexibility index (Phi) is 7.63. The van der Waals surface area contributed by atoms with Crippen molar-refractivity contribution in [2.24, 2.45) is 4.99 Å². The summed E-state index contributed by atoms with van der Waals surface area (Å²) in [5.41, 5.74) is 4.55. The highest BCUT2D eigenvalue weighted by atomic mass is 32.2. The molecule has 10 heteroatoms. The van der Waals surface area contributed by atoms with Crippen molar-refractivity contribution < 1.29 is 9.59 Å². The first kappa shape index (κ1) is 26.4.